The minimum Gasteiger partial charge on any atom is -0.493 e. The van der Waals surface area contributed by atoms with Gasteiger partial charge >= 0.3 is 0 Å². The number of hydrogen-bond donors (Lipinski definition) is 2. The number of hydrogen-bond acceptors (Lipinski definition) is 5. The number of aryl methyl sites for hydroxylation is 1. The topological polar surface area (TPSA) is 86.7 Å². The number of aliphatic hydroxyl groups is 1. The molecule has 2 rings (SSSR count). The van der Waals surface area contributed by atoms with Gasteiger partial charge in [0, 0.05) is 24.7 Å². The van der Waals surface area contributed by atoms with Gasteiger partial charge in [-0.1, -0.05) is 17.7 Å². The monoisotopic (exact) mass is 458 g/mol. The number of methoxy groups -OCH3 is 2. The molecule has 8 heteroatoms. The van der Waals surface area contributed by atoms with Crippen molar-refractivity contribution in [3.05, 3.63) is 46.2 Å². The van der Waals surface area contributed by atoms with Gasteiger partial charge in [0.2, 0.25) is 0 Å². The number of carbonyl (C=O) groups excluding carboxylic acids is 1. The summed E-state index contributed by atoms with van der Waals surface area (Å²) in [5, 5.41) is 9.88. The van der Waals surface area contributed by atoms with Crippen molar-refractivity contribution in [2.45, 2.75) is 44.6 Å². The smallest absolute Gasteiger partial charge is 0.179 e. The summed E-state index contributed by atoms with van der Waals surface area (Å²) in [5.41, 5.74) is 7.88. The molecule has 6 nitrogen and oxygen atoms in total. The summed E-state index contributed by atoms with van der Waals surface area (Å²) in [6, 6.07) is 7.51. The van der Waals surface area contributed by atoms with Crippen molar-refractivity contribution in [2.24, 2.45) is 12.8 Å². The first kappa shape index (κ1) is 26.3. The summed E-state index contributed by atoms with van der Waals surface area (Å²) in [6.07, 6.45) is 3.08. The number of Topliss-reactive ketones (excluding diaryl/α,β-unsaturated/α-hetero) is 1. The van der Waals surface area contributed by atoms with Crippen molar-refractivity contribution >= 4 is 29.8 Å². The number of ether oxygens (including phenoxy) is 2. The molecule has 1 aromatic heterocycles. The Labute approximate surface area is 189 Å². The van der Waals surface area contributed by atoms with Crippen LogP contribution in [0.5, 0.6) is 11.5 Å². The van der Waals surface area contributed by atoms with E-state index in [1.54, 1.807) is 27.2 Å². The Hall–Kier alpha value is -1.73. The van der Waals surface area contributed by atoms with Gasteiger partial charge < -0.3 is 24.9 Å². The first-order valence-corrected chi connectivity index (χ1v) is 10.1. The van der Waals surface area contributed by atoms with E-state index in [4.69, 9.17) is 26.8 Å². The van der Waals surface area contributed by atoms with Crippen LogP contribution in [0.4, 0.5) is 0 Å². The highest BCUT2D eigenvalue weighted by atomic mass is 35.5. The summed E-state index contributed by atoms with van der Waals surface area (Å²) in [7, 11) is 5.05. The number of aromatic nitrogens is 1. The lowest BCUT2D eigenvalue weighted by molar-refractivity contribution is 0.0972. The molecule has 1 heterocycles. The molecule has 0 aliphatic carbocycles. The lowest BCUT2D eigenvalue weighted by Gasteiger charge is -2.21. The summed E-state index contributed by atoms with van der Waals surface area (Å²) >= 11 is 6.36. The van der Waals surface area contributed by atoms with Gasteiger partial charge in [-0.15, -0.1) is 12.4 Å². The Morgan fingerprint density at radius 1 is 1.20 bits per heavy atom. The fourth-order valence-electron chi connectivity index (χ4n) is 3.26. The molecule has 0 aliphatic rings. The van der Waals surface area contributed by atoms with E-state index in [2.05, 4.69) is 0 Å². The average Bonchev–Trinajstić information content (AvgIpc) is 2.99. The minimum absolute atomic E-state index is 0. The number of carbonyl (C=O) groups is 1. The standard InChI is InChI=1S/C22H31ClN2O4.ClH/c1-22(24,14-26)11-10-17-16(23)13-18(25(17)2)19(27)7-5-6-15-8-9-20(28-3)21(12-15)29-4;/h8-9,12-13,26H,5-7,10-11,14,24H2,1-4H3;1H/t22-;/m1./s1. The van der Waals surface area contributed by atoms with Crippen molar-refractivity contribution in [1.82, 2.24) is 4.57 Å². The van der Waals surface area contributed by atoms with Crippen LogP contribution in [0.25, 0.3) is 0 Å². The number of nitrogens with zero attached hydrogens (tertiary/aromatic N) is 1. The van der Waals surface area contributed by atoms with E-state index in [9.17, 15) is 9.90 Å². The SMILES string of the molecule is COc1ccc(CCCC(=O)c2cc(Cl)c(CC[C@@](C)(N)CO)n2C)cc1OC.Cl. The van der Waals surface area contributed by atoms with Crippen LogP contribution >= 0.6 is 24.0 Å². The molecule has 0 fully saturated rings. The minimum atomic E-state index is -0.669. The molecule has 2 aromatic rings. The molecule has 30 heavy (non-hydrogen) atoms. The van der Waals surface area contributed by atoms with E-state index >= 15 is 0 Å². The highest BCUT2D eigenvalue weighted by Crippen LogP contribution is 2.28. The Balaban J connectivity index is 0.00000450. The third kappa shape index (κ3) is 6.64. The summed E-state index contributed by atoms with van der Waals surface area (Å²) in [4.78, 5) is 12.7. The number of rotatable bonds is 11. The molecule has 0 amide bonds. The number of halogens is 2. The summed E-state index contributed by atoms with van der Waals surface area (Å²) < 4.78 is 12.4. The second-order valence-corrected chi connectivity index (χ2v) is 8.07. The van der Waals surface area contributed by atoms with E-state index < -0.39 is 5.54 Å². The molecule has 0 unspecified atom stereocenters. The zero-order valence-electron chi connectivity index (χ0n) is 18.0. The van der Waals surface area contributed by atoms with Gasteiger partial charge in [0.05, 0.1) is 31.5 Å². The Morgan fingerprint density at radius 3 is 2.47 bits per heavy atom. The first-order valence-electron chi connectivity index (χ1n) is 9.70. The molecule has 1 atom stereocenters. The summed E-state index contributed by atoms with van der Waals surface area (Å²) in [5.74, 6) is 1.43. The zero-order chi connectivity index (χ0) is 21.6. The van der Waals surface area contributed by atoms with Gasteiger partial charge in [0.25, 0.3) is 0 Å². The lowest BCUT2D eigenvalue weighted by atomic mass is 9.97. The normalized spacial score (nSPS) is 12.8. The van der Waals surface area contributed by atoms with E-state index in [1.807, 2.05) is 29.8 Å². The van der Waals surface area contributed by atoms with Crippen molar-refractivity contribution in [3.63, 3.8) is 0 Å². The Bertz CT molecular complexity index is 850. The fraction of sp³-hybridized carbons (Fsp3) is 0.500. The second kappa shape index (κ2) is 11.6. The fourth-order valence-corrected chi connectivity index (χ4v) is 3.59. The van der Waals surface area contributed by atoms with Crippen molar-refractivity contribution in [3.8, 4) is 11.5 Å². The summed E-state index contributed by atoms with van der Waals surface area (Å²) in [6.45, 7) is 1.70. The maximum Gasteiger partial charge on any atom is 0.179 e. The van der Waals surface area contributed by atoms with E-state index in [0.717, 1.165) is 24.1 Å². The highest BCUT2D eigenvalue weighted by Gasteiger charge is 2.21. The zero-order valence-corrected chi connectivity index (χ0v) is 19.6. The molecule has 0 saturated carbocycles. The number of nitrogens with two attached hydrogens (primary N) is 1. The molecule has 0 bridgehead atoms. The quantitative estimate of drug-likeness (QED) is 0.497. The van der Waals surface area contributed by atoms with Crippen molar-refractivity contribution < 1.29 is 19.4 Å². The molecule has 0 radical (unpaired) electrons. The van der Waals surface area contributed by atoms with Crippen LogP contribution < -0.4 is 15.2 Å². The first-order chi connectivity index (χ1) is 13.7. The van der Waals surface area contributed by atoms with E-state index in [-0.39, 0.29) is 24.8 Å². The third-order valence-electron chi connectivity index (χ3n) is 5.20. The predicted octanol–water partition coefficient (Wildman–Crippen LogP) is 3.97. The number of ketones is 1. The van der Waals surface area contributed by atoms with Gasteiger partial charge in [0.15, 0.2) is 17.3 Å². The lowest BCUT2D eigenvalue weighted by Crippen LogP contribution is -2.40. The van der Waals surface area contributed by atoms with Gasteiger partial charge in [-0.3, -0.25) is 4.79 Å². The molecule has 1 aromatic carbocycles. The second-order valence-electron chi connectivity index (χ2n) is 7.66. The van der Waals surface area contributed by atoms with Crippen LogP contribution in [0.2, 0.25) is 5.02 Å². The van der Waals surface area contributed by atoms with E-state index in [0.29, 0.717) is 41.5 Å². The third-order valence-corrected chi connectivity index (χ3v) is 5.53. The molecule has 0 spiro atoms. The predicted molar refractivity (Wildman–Crippen MR) is 122 cm³/mol. The van der Waals surface area contributed by atoms with Gasteiger partial charge in [-0.2, -0.15) is 0 Å². The van der Waals surface area contributed by atoms with Crippen LogP contribution in [-0.2, 0) is 19.9 Å². The molecule has 3 N–H and O–H groups in total. The number of aliphatic hydroxyl groups excluding tert-OH is 1. The maximum atomic E-state index is 12.7. The Kier molecular flexibility index (Phi) is 10.2. The van der Waals surface area contributed by atoms with Crippen molar-refractivity contribution in [2.75, 3.05) is 20.8 Å². The van der Waals surface area contributed by atoms with Crippen LogP contribution in [-0.4, -0.2) is 41.8 Å². The van der Waals surface area contributed by atoms with Gasteiger partial charge in [-0.05, 0) is 56.4 Å². The molecule has 0 saturated heterocycles. The molecular formula is C22H32Cl2N2O4. The van der Waals surface area contributed by atoms with Gasteiger partial charge in [0.1, 0.15) is 0 Å². The largest absolute Gasteiger partial charge is 0.493 e. The molecule has 0 aliphatic heterocycles. The van der Waals surface area contributed by atoms with Gasteiger partial charge in [-0.25, -0.2) is 0 Å². The van der Waals surface area contributed by atoms with Crippen LogP contribution in [0.3, 0.4) is 0 Å². The average molecular weight is 459 g/mol. The van der Waals surface area contributed by atoms with Crippen molar-refractivity contribution in [1.29, 1.82) is 0 Å². The molecular weight excluding hydrogens is 427 g/mol. The van der Waals surface area contributed by atoms with Crippen LogP contribution in [0.1, 0.15) is 47.9 Å². The Morgan fingerprint density at radius 2 is 1.87 bits per heavy atom. The highest BCUT2D eigenvalue weighted by molar-refractivity contribution is 6.31. The van der Waals surface area contributed by atoms with Crippen LogP contribution in [0.15, 0.2) is 24.3 Å². The van der Waals surface area contributed by atoms with E-state index in [1.165, 1.54) is 0 Å². The maximum absolute atomic E-state index is 12.7. The number of benzene rings is 1. The van der Waals surface area contributed by atoms with Crippen LogP contribution in [0, 0.1) is 0 Å². The molecule has 168 valence electrons.